The highest BCUT2D eigenvalue weighted by Crippen LogP contribution is 2.28. The zero-order chi connectivity index (χ0) is 13.0. The van der Waals surface area contributed by atoms with E-state index < -0.39 is 5.54 Å². The van der Waals surface area contributed by atoms with Crippen LogP contribution in [0.1, 0.15) is 36.3 Å². The summed E-state index contributed by atoms with van der Waals surface area (Å²) in [7, 11) is 0. The van der Waals surface area contributed by atoms with Crippen LogP contribution in [0.2, 0.25) is 0 Å². The van der Waals surface area contributed by atoms with Crippen molar-refractivity contribution in [1.82, 2.24) is 15.6 Å². The first kappa shape index (κ1) is 13.3. The first-order chi connectivity index (χ1) is 8.65. The van der Waals surface area contributed by atoms with Crippen LogP contribution < -0.4 is 10.6 Å². The standard InChI is InChI=1S/C12H19N3O2S/c1-9-10(18-8-14-9)6-13-11(17)15-12(7-16)4-2-3-5-12/h8,16H,2-7H2,1H3,(H2,13,15,17). The molecular formula is C12H19N3O2S. The van der Waals surface area contributed by atoms with E-state index in [1.165, 1.54) is 11.3 Å². The van der Waals surface area contributed by atoms with Crippen LogP contribution in [0.4, 0.5) is 4.79 Å². The molecule has 18 heavy (non-hydrogen) atoms. The second kappa shape index (κ2) is 5.67. The van der Waals surface area contributed by atoms with Gasteiger partial charge in [-0.25, -0.2) is 9.78 Å². The lowest BCUT2D eigenvalue weighted by atomic mass is 9.99. The van der Waals surface area contributed by atoms with Gasteiger partial charge in [-0.15, -0.1) is 11.3 Å². The third-order valence-electron chi connectivity index (χ3n) is 3.50. The summed E-state index contributed by atoms with van der Waals surface area (Å²) < 4.78 is 0. The average molecular weight is 269 g/mol. The van der Waals surface area contributed by atoms with Crippen molar-refractivity contribution in [3.05, 3.63) is 16.1 Å². The molecule has 1 saturated carbocycles. The molecule has 3 N–H and O–H groups in total. The Hall–Kier alpha value is -1.14. The molecule has 0 saturated heterocycles. The van der Waals surface area contributed by atoms with Gasteiger partial charge in [0, 0.05) is 4.88 Å². The van der Waals surface area contributed by atoms with Gasteiger partial charge in [-0.1, -0.05) is 12.8 Å². The average Bonchev–Trinajstić information content (AvgIpc) is 2.97. The maximum Gasteiger partial charge on any atom is 0.315 e. The van der Waals surface area contributed by atoms with Crippen LogP contribution >= 0.6 is 11.3 Å². The maximum absolute atomic E-state index is 11.8. The van der Waals surface area contributed by atoms with Crippen molar-refractivity contribution in [2.45, 2.75) is 44.7 Å². The Morgan fingerprint density at radius 1 is 1.56 bits per heavy atom. The molecular weight excluding hydrogens is 250 g/mol. The second-order valence-electron chi connectivity index (χ2n) is 4.81. The minimum atomic E-state index is -0.410. The smallest absolute Gasteiger partial charge is 0.315 e. The number of aryl methyl sites for hydroxylation is 1. The predicted molar refractivity (Wildman–Crippen MR) is 70.5 cm³/mol. The number of carbonyl (C=O) groups excluding carboxylic acids is 1. The summed E-state index contributed by atoms with van der Waals surface area (Å²) in [6.45, 7) is 2.43. The fourth-order valence-corrected chi connectivity index (χ4v) is 3.03. The molecule has 0 unspecified atom stereocenters. The van der Waals surface area contributed by atoms with Crippen LogP contribution in [-0.4, -0.2) is 28.3 Å². The zero-order valence-electron chi connectivity index (χ0n) is 10.5. The molecule has 1 heterocycles. The molecule has 0 radical (unpaired) electrons. The number of nitrogens with zero attached hydrogens (tertiary/aromatic N) is 1. The lowest BCUT2D eigenvalue weighted by Crippen LogP contribution is -2.52. The summed E-state index contributed by atoms with van der Waals surface area (Å²) in [6, 6.07) is -0.209. The first-order valence-electron chi connectivity index (χ1n) is 6.21. The van der Waals surface area contributed by atoms with Crippen molar-refractivity contribution in [3.8, 4) is 0 Å². The molecule has 1 aliphatic carbocycles. The molecule has 100 valence electrons. The van der Waals surface area contributed by atoms with Crippen LogP contribution in [0, 0.1) is 6.92 Å². The molecule has 6 heteroatoms. The van der Waals surface area contributed by atoms with Gasteiger partial charge < -0.3 is 15.7 Å². The van der Waals surface area contributed by atoms with E-state index in [1.54, 1.807) is 5.51 Å². The normalized spacial score (nSPS) is 17.7. The number of aliphatic hydroxyl groups excluding tert-OH is 1. The van der Waals surface area contributed by atoms with E-state index in [0.717, 1.165) is 36.3 Å². The van der Waals surface area contributed by atoms with E-state index in [-0.39, 0.29) is 12.6 Å². The Labute approximate surface area is 111 Å². The molecule has 5 nitrogen and oxygen atoms in total. The van der Waals surface area contributed by atoms with Gasteiger partial charge in [0.15, 0.2) is 0 Å². The van der Waals surface area contributed by atoms with Crippen LogP contribution in [0.5, 0.6) is 0 Å². The third kappa shape index (κ3) is 3.00. The van der Waals surface area contributed by atoms with E-state index in [0.29, 0.717) is 6.54 Å². The van der Waals surface area contributed by atoms with Crippen LogP contribution in [0.25, 0.3) is 0 Å². The highest BCUT2D eigenvalue weighted by atomic mass is 32.1. The lowest BCUT2D eigenvalue weighted by molar-refractivity contribution is 0.163. The number of amides is 2. The van der Waals surface area contributed by atoms with Crippen molar-refractivity contribution in [2.24, 2.45) is 0 Å². The summed E-state index contributed by atoms with van der Waals surface area (Å²) in [5, 5.41) is 15.1. The van der Waals surface area contributed by atoms with Gasteiger partial charge in [-0.05, 0) is 19.8 Å². The van der Waals surface area contributed by atoms with Crippen LogP contribution in [0.3, 0.4) is 0 Å². The van der Waals surface area contributed by atoms with E-state index in [1.807, 2.05) is 6.92 Å². The first-order valence-corrected chi connectivity index (χ1v) is 7.09. The number of carbonyl (C=O) groups is 1. The number of thiazole rings is 1. The molecule has 0 bridgehead atoms. The molecule has 1 aliphatic rings. The fraction of sp³-hybridized carbons (Fsp3) is 0.667. The highest BCUT2D eigenvalue weighted by molar-refractivity contribution is 7.09. The Bertz CT molecular complexity index is 413. The van der Waals surface area contributed by atoms with Crippen molar-refractivity contribution in [1.29, 1.82) is 0 Å². The quantitative estimate of drug-likeness (QED) is 0.776. The van der Waals surface area contributed by atoms with Gasteiger partial charge in [0.05, 0.1) is 29.9 Å². The number of nitrogens with one attached hydrogen (secondary N) is 2. The topological polar surface area (TPSA) is 74.2 Å². The Balaban J connectivity index is 1.83. The lowest BCUT2D eigenvalue weighted by Gasteiger charge is -2.27. The van der Waals surface area contributed by atoms with Gasteiger partial charge in [-0.2, -0.15) is 0 Å². The largest absolute Gasteiger partial charge is 0.394 e. The summed E-state index contributed by atoms with van der Waals surface area (Å²) >= 11 is 1.54. The fourth-order valence-electron chi connectivity index (χ4n) is 2.32. The van der Waals surface area contributed by atoms with Crippen LogP contribution in [0.15, 0.2) is 5.51 Å². The summed E-state index contributed by atoms with van der Waals surface area (Å²) in [4.78, 5) is 17.0. The highest BCUT2D eigenvalue weighted by Gasteiger charge is 2.34. The molecule has 1 aromatic heterocycles. The Kier molecular flexibility index (Phi) is 4.19. The SMILES string of the molecule is Cc1ncsc1CNC(=O)NC1(CO)CCCC1. The molecule has 2 amide bonds. The van der Waals surface area contributed by atoms with E-state index >= 15 is 0 Å². The number of rotatable bonds is 4. The predicted octanol–water partition coefficient (Wildman–Crippen LogP) is 1.56. The minimum Gasteiger partial charge on any atom is -0.394 e. The van der Waals surface area contributed by atoms with Crippen molar-refractivity contribution in [3.63, 3.8) is 0 Å². The van der Waals surface area contributed by atoms with Gasteiger partial charge in [-0.3, -0.25) is 0 Å². The monoisotopic (exact) mass is 269 g/mol. The number of urea groups is 1. The minimum absolute atomic E-state index is 0.0139. The molecule has 1 fully saturated rings. The second-order valence-corrected chi connectivity index (χ2v) is 5.75. The van der Waals surface area contributed by atoms with E-state index in [4.69, 9.17) is 0 Å². The molecule has 0 aliphatic heterocycles. The summed E-state index contributed by atoms with van der Waals surface area (Å²) in [5.41, 5.74) is 2.32. The van der Waals surface area contributed by atoms with Crippen LogP contribution in [-0.2, 0) is 6.54 Å². The third-order valence-corrected chi connectivity index (χ3v) is 4.43. The van der Waals surface area contributed by atoms with Crippen molar-refractivity contribution < 1.29 is 9.90 Å². The van der Waals surface area contributed by atoms with E-state index in [9.17, 15) is 9.90 Å². The van der Waals surface area contributed by atoms with Crippen molar-refractivity contribution in [2.75, 3.05) is 6.61 Å². The van der Waals surface area contributed by atoms with E-state index in [2.05, 4.69) is 15.6 Å². The molecule has 0 atom stereocenters. The number of hydrogen-bond donors (Lipinski definition) is 3. The van der Waals surface area contributed by atoms with Gasteiger partial charge >= 0.3 is 6.03 Å². The number of hydrogen-bond acceptors (Lipinski definition) is 4. The molecule has 0 spiro atoms. The van der Waals surface area contributed by atoms with Gasteiger partial charge in [0.2, 0.25) is 0 Å². The zero-order valence-corrected chi connectivity index (χ0v) is 11.3. The number of aliphatic hydroxyl groups is 1. The molecule has 2 rings (SSSR count). The van der Waals surface area contributed by atoms with Crippen molar-refractivity contribution >= 4 is 17.4 Å². The Morgan fingerprint density at radius 3 is 2.83 bits per heavy atom. The summed E-state index contributed by atoms with van der Waals surface area (Å²) in [5.74, 6) is 0. The molecule has 0 aromatic carbocycles. The Morgan fingerprint density at radius 2 is 2.28 bits per heavy atom. The maximum atomic E-state index is 11.8. The van der Waals surface area contributed by atoms with Gasteiger partial charge in [0.1, 0.15) is 0 Å². The van der Waals surface area contributed by atoms with Gasteiger partial charge in [0.25, 0.3) is 0 Å². The molecule has 1 aromatic rings. The number of aromatic nitrogens is 1. The summed E-state index contributed by atoms with van der Waals surface area (Å²) in [6.07, 6.45) is 3.84.